The first kappa shape index (κ1) is 33.4. The van der Waals surface area contributed by atoms with E-state index in [-0.39, 0.29) is 39.9 Å². The molecule has 10 heteroatoms. The summed E-state index contributed by atoms with van der Waals surface area (Å²) < 4.78 is 44.3. The second kappa shape index (κ2) is 14.0. The van der Waals surface area contributed by atoms with Crippen molar-refractivity contribution in [3.8, 4) is 17.1 Å². The lowest BCUT2D eigenvalue weighted by atomic mass is 9.91. The van der Waals surface area contributed by atoms with Crippen LogP contribution in [0.25, 0.3) is 32.8 Å². The summed E-state index contributed by atoms with van der Waals surface area (Å²) in [6.07, 6.45) is 5.60. The molecule has 7 rings (SSSR count). The van der Waals surface area contributed by atoms with Crippen LogP contribution in [-0.2, 0) is 4.74 Å². The Kier molecular flexibility index (Phi) is 9.75. The van der Waals surface area contributed by atoms with E-state index in [1.807, 2.05) is 18.2 Å². The van der Waals surface area contributed by atoms with Crippen LogP contribution < -0.4 is 15.8 Å². The highest BCUT2D eigenvalue weighted by molar-refractivity contribution is 6.35. The Morgan fingerprint density at radius 1 is 1.08 bits per heavy atom. The lowest BCUT2D eigenvalue weighted by Crippen LogP contribution is -2.50. The zero-order chi connectivity index (χ0) is 33.5. The summed E-state index contributed by atoms with van der Waals surface area (Å²) in [5.41, 5.74) is 7.73. The largest absolute Gasteiger partial charge is 0.463 e. The van der Waals surface area contributed by atoms with Crippen LogP contribution in [-0.4, -0.2) is 65.9 Å². The van der Waals surface area contributed by atoms with Crippen LogP contribution in [0.2, 0.25) is 5.02 Å². The second-order valence-electron chi connectivity index (χ2n) is 14.2. The van der Waals surface area contributed by atoms with E-state index in [0.717, 1.165) is 63.7 Å². The van der Waals surface area contributed by atoms with Gasteiger partial charge in [0.25, 0.3) is 0 Å². The quantitative estimate of drug-likeness (QED) is 0.155. The fraction of sp³-hybridized carbons (Fsp3) is 0.526. The van der Waals surface area contributed by atoms with Gasteiger partial charge in [0.1, 0.15) is 17.2 Å². The summed E-state index contributed by atoms with van der Waals surface area (Å²) in [5.74, 6) is 0.562. The molecule has 0 bridgehead atoms. The molecule has 3 N–H and O–H groups in total. The minimum atomic E-state index is -0.572. The van der Waals surface area contributed by atoms with Crippen molar-refractivity contribution in [2.24, 2.45) is 17.6 Å². The Bertz CT molecular complexity index is 1800. The number of halogens is 3. The summed E-state index contributed by atoms with van der Waals surface area (Å²) in [5, 5.41) is 5.73. The highest BCUT2D eigenvalue weighted by atomic mass is 35.5. The molecule has 4 aromatic rings. The number of anilines is 1. The van der Waals surface area contributed by atoms with Crippen molar-refractivity contribution in [2.45, 2.75) is 83.3 Å². The first-order chi connectivity index (χ1) is 23.2. The molecule has 3 fully saturated rings. The van der Waals surface area contributed by atoms with Crippen molar-refractivity contribution in [1.29, 1.82) is 0 Å². The number of fused-ring (bicyclic) bond motifs is 2. The van der Waals surface area contributed by atoms with Crippen LogP contribution in [0.4, 0.5) is 14.6 Å². The fourth-order valence-electron chi connectivity index (χ4n) is 8.05. The molecule has 0 amide bonds. The maximum Gasteiger partial charge on any atom is 0.319 e. The van der Waals surface area contributed by atoms with Gasteiger partial charge >= 0.3 is 6.01 Å². The van der Waals surface area contributed by atoms with Gasteiger partial charge in [0, 0.05) is 42.2 Å². The number of nitrogens with two attached hydrogens (primary N) is 1. The normalized spacial score (nSPS) is 26.0. The number of hydrogen-bond acceptors (Lipinski definition) is 7. The summed E-state index contributed by atoms with van der Waals surface area (Å²) in [6.45, 7) is 9.79. The highest BCUT2D eigenvalue weighted by Gasteiger charge is 2.40. The second-order valence-corrected chi connectivity index (χ2v) is 14.6. The Hall–Kier alpha value is -3.11. The molecule has 1 saturated heterocycles. The van der Waals surface area contributed by atoms with E-state index in [4.69, 9.17) is 31.8 Å². The molecular weight excluding hydrogens is 632 g/mol. The minimum absolute atomic E-state index is 0.104. The lowest BCUT2D eigenvalue weighted by Gasteiger charge is -2.38. The number of nitrogens with zero attached hydrogens (tertiary/aromatic N) is 3. The molecule has 7 nitrogen and oxygen atoms in total. The monoisotopic (exact) mass is 677 g/mol. The molecule has 256 valence electrons. The molecule has 2 saturated carbocycles. The van der Waals surface area contributed by atoms with Gasteiger partial charge in [-0.05, 0) is 97.7 Å². The van der Waals surface area contributed by atoms with Gasteiger partial charge in [-0.2, -0.15) is 9.97 Å². The van der Waals surface area contributed by atoms with Crippen LogP contribution >= 0.6 is 11.6 Å². The Morgan fingerprint density at radius 3 is 2.62 bits per heavy atom. The summed E-state index contributed by atoms with van der Waals surface area (Å²) >= 11 is 6.97. The summed E-state index contributed by atoms with van der Waals surface area (Å²) in [4.78, 5) is 11.8. The van der Waals surface area contributed by atoms with Crippen molar-refractivity contribution in [3.05, 3.63) is 58.6 Å². The van der Waals surface area contributed by atoms with Crippen molar-refractivity contribution in [1.82, 2.24) is 14.9 Å². The third kappa shape index (κ3) is 6.59. The molecule has 2 heterocycles. The standard InChI is InChI=1S/C38H46ClF2N5O2/c1-4-24-16-28(24)34-31(40)12-10-25-7-5-8-27(32(25)34)33-30(39)17-29-36(35(33)41)44-38(45-37(29)43-18-23-9-11-26(42)15-23)48-14-6-13-46-21(2)19-47-20-22(46)3/h5,7-8,10,12,17,21-24,26,28H,4,6,9,11,13-16,18-20,42H2,1-3H3,(H,43,44,45). The number of hydrogen-bond donors (Lipinski definition) is 2. The zero-order valence-electron chi connectivity index (χ0n) is 28.1. The van der Waals surface area contributed by atoms with Gasteiger partial charge < -0.3 is 20.5 Å². The van der Waals surface area contributed by atoms with Crippen LogP contribution in [0.3, 0.4) is 0 Å². The SMILES string of the molecule is CCC1CC1c1c(F)ccc2cccc(-c3c(Cl)cc4c(NCC5CCC(N)C5)nc(OCCCN5C(C)COCC5C)nc4c3F)c12. The maximum absolute atomic E-state index is 17.0. The van der Waals surface area contributed by atoms with E-state index in [2.05, 4.69) is 36.0 Å². The fourth-order valence-corrected chi connectivity index (χ4v) is 8.35. The predicted molar refractivity (Wildman–Crippen MR) is 189 cm³/mol. The Morgan fingerprint density at radius 2 is 1.90 bits per heavy atom. The van der Waals surface area contributed by atoms with Crippen molar-refractivity contribution < 1.29 is 18.3 Å². The van der Waals surface area contributed by atoms with Gasteiger partial charge in [0.05, 0.1) is 24.8 Å². The molecule has 3 aliphatic rings. The van der Waals surface area contributed by atoms with Gasteiger partial charge in [-0.3, -0.25) is 4.90 Å². The molecule has 3 aromatic carbocycles. The van der Waals surface area contributed by atoms with Gasteiger partial charge in [-0.1, -0.05) is 49.2 Å². The van der Waals surface area contributed by atoms with E-state index < -0.39 is 5.82 Å². The Balaban J connectivity index is 1.26. The van der Waals surface area contributed by atoms with Gasteiger partial charge in [-0.15, -0.1) is 0 Å². The van der Waals surface area contributed by atoms with Crippen molar-refractivity contribution >= 4 is 39.1 Å². The average molecular weight is 678 g/mol. The molecule has 6 atom stereocenters. The molecule has 1 aromatic heterocycles. The van der Waals surface area contributed by atoms with Crippen LogP contribution in [0.1, 0.15) is 70.8 Å². The van der Waals surface area contributed by atoms with E-state index in [1.54, 1.807) is 12.1 Å². The highest BCUT2D eigenvalue weighted by Crippen LogP contribution is 2.54. The smallest absolute Gasteiger partial charge is 0.319 e. The lowest BCUT2D eigenvalue weighted by molar-refractivity contribution is -0.0380. The maximum atomic E-state index is 17.0. The third-order valence-corrected chi connectivity index (χ3v) is 11.1. The predicted octanol–water partition coefficient (Wildman–Crippen LogP) is 8.31. The minimum Gasteiger partial charge on any atom is -0.463 e. The molecule has 2 aliphatic carbocycles. The van der Waals surface area contributed by atoms with E-state index in [9.17, 15) is 0 Å². The number of rotatable bonds is 11. The van der Waals surface area contributed by atoms with Crippen LogP contribution in [0, 0.1) is 23.5 Å². The molecule has 6 unspecified atom stereocenters. The first-order valence-electron chi connectivity index (χ1n) is 17.6. The number of aromatic nitrogens is 2. The van der Waals surface area contributed by atoms with Crippen molar-refractivity contribution in [2.75, 3.05) is 38.2 Å². The van der Waals surface area contributed by atoms with E-state index in [1.165, 1.54) is 6.07 Å². The number of benzene rings is 3. The Labute approximate surface area is 286 Å². The topological polar surface area (TPSA) is 85.5 Å². The molecule has 0 radical (unpaired) electrons. The van der Waals surface area contributed by atoms with E-state index in [0.29, 0.717) is 64.8 Å². The van der Waals surface area contributed by atoms with Gasteiger partial charge in [-0.25, -0.2) is 8.78 Å². The summed E-state index contributed by atoms with van der Waals surface area (Å²) in [6, 6.07) is 11.6. The zero-order valence-corrected chi connectivity index (χ0v) is 28.8. The van der Waals surface area contributed by atoms with Crippen molar-refractivity contribution in [3.63, 3.8) is 0 Å². The number of nitrogens with one attached hydrogen (secondary N) is 1. The summed E-state index contributed by atoms with van der Waals surface area (Å²) in [7, 11) is 0. The number of morpholine rings is 1. The van der Waals surface area contributed by atoms with Gasteiger partial charge in [0.15, 0.2) is 5.82 Å². The molecule has 0 spiro atoms. The van der Waals surface area contributed by atoms with E-state index >= 15 is 8.78 Å². The third-order valence-electron chi connectivity index (χ3n) is 10.8. The molecule has 1 aliphatic heterocycles. The van der Waals surface area contributed by atoms with Crippen LogP contribution in [0.15, 0.2) is 36.4 Å². The molecule has 48 heavy (non-hydrogen) atoms. The van der Waals surface area contributed by atoms with Crippen LogP contribution in [0.5, 0.6) is 6.01 Å². The first-order valence-corrected chi connectivity index (χ1v) is 18.0. The molecular formula is C38H46ClF2N5O2. The van der Waals surface area contributed by atoms with Gasteiger partial charge in [0.2, 0.25) is 0 Å². The average Bonchev–Trinajstić information content (AvgIpc) is 3.73. The number of ether oxygens (including phenoxy) is 2.